The maximum Gasteiger partial charge on any atom is 0 e. The maximum absolute atomic E-state index is 2.17. The normalized spacial score (nSPS) is 7.29. The monoisotopic (exact) mass is 319 g/mol. The molecule has 4 heteroatoms. The van der Waals surface area contributed by atoms with Crippen molar-refractivity contribution in [1.29, 1.82) is 0 Å². The van der Waals surface area contributed by atoms with Crippen molar-refractivity contribution in [2.75, 3.05) is 0 Å². The predicted molar refractivity (Wildman–Crippen MR) is 81.2 cm³/mol. The van der Waals surface area contributed by atoms with E-state index in [1.54, 1.807) is 0 Å². The fourth-order valence-electron chi connectivity index (χ4n) is 1.29. The Morgan fingerprint density at radius 3 is 1.18 bits per heavy atom. The van der Waals surface area contributed by atoms with Gasteiger partial charge in [0.25, 0.3) is 0 Å². The van der Waals surface area contributed by atoms with Crippen LogP contribution in [0.2, 0.25) is 0 Å². The third-order valence-corrected chi connectivity index (χ3v) is 1.93. The summed E-state index contributed by atoms with van der Waals surface area (Å²) in [6, 6.07) is 20.7. The van der Waals surface area contributed by atoms with Gasteiger partial charge in [-0.25, -0.2) is 0 Å². The molecule has 0 radical (unpaired) electrons. The Balaban J connectivity index is -0.000000490. The summed E-state index contributed by atoms with van der Waals surface area (Å²) in [5.41, 5.74) is 2.49. The van der Waals surface area contributed by atoms with Gasteiger partial charge in [-0.05, 0) is 11.0 Å². The van der Waals surface area contributed by atoms with Crippen LogP contribution in [0.1, 0.15) is 11.1 Å². The van der Waals surface area contributed by atoms with Crippen LogP contribution >= 0.6 is 24.8 Å². The van der Waals surface area contributed by atoms with Crippen LogP contribution in [0.4, 0.5) is 0 Å². The first-order valence-corrected chi connectivity index (χ1v) is 4.40. The van der Waals surface area contributed by atoms with Crippen LogP contribution < -0.4 is 0 Å². The van der Waals surface area contributed by atoms with Crippen molar-refractivity contribution in [2.24, 2.45) is 0 Å². The molecule has 0 unspecified atom stereocenters. The Morgan fingerprint density at radius 2 is 0.882 bits per heavy atom. The Labute approximate surface area is 135 Å². The molecule has 2 rings (SSSR count). The third-order valence-electron chi connectivity index (χ3n) is 1.93. The van der Waals surface area contributed by atoms with Gasteiger partial charge in [0.1, 0.15) is 0 Å². The summed E-state index contributed by atoms with van der Waals surface area (Å²) in [7, 11) is 0. The van der Waals surface area contributed by atoms with Gasteiger partial charge in [-0.1, -0.05) is 36.4 Å². The van der Waals surface area contributed by atoms with E-state index in [-0.39, 0.29) is 57.5 Å². The Hall–Kier alpha value is -0.179. The van der Waals surface area contributed by atoms with E-state index in [0.717, 1.165) is 0 Å². The van der Waals surface area contributed by atoms with E-state index in [0.29, 0.717) is 0 Å². The molecule has 0 aromatic heterocycles. The minimum absolute atomic E-state index is 0. The first-order chi connectivity index (χ1) is 6.45. The largest absolute Gasteiger partial charge is 0.147 e. The summed E-state index contributed by atoms with van der Waals surface area (Å²) < 4.78 is 0. The first-order valence-electron chi connectivity index (χ1n) is 4.40. The molecule has 0 aliphatic rings. The smallest absolute Gasteiger partial charge is 0 e. The molecule has 0 N–H and O–H groups in total. The van der Waals surface area contributed by atoms with Crippen LogP contribution in [0.5, 0.6) is 0 Å². The summed E-state index contributed by atoms with van der Waals surface area (Å²) >= 11 is 0. The van der Waals surface area contributed by atoms with Crippen LogP contribution in [0.3, 0.4) is 0 Å². The van der Waals surface area contributed by atoms with Crippen molar-refractivity contribution in [3.8, 4) is 0 Å². The summed E-state index contributed by atoms with van der Waals surface area (Å²) in [6.45, 7) is 0. The molecule has 0 spiro atoms. The zero-order valence-electron chi connectivity index (χ0n) is 8.67. The molecule has 0 amide bonds. The first kappa shape index (κ1) is 22.0. The SMILES string of the molecule is Cl.Cl.[SiH4].[Ti].c1ccc([CH-]c2ccccc2)cc1. The quantitative estimate of drug-likeness (QED) is 0.590. The van der Waals surface area contributed by atoms with Crippen LogP contribution in [-0.2, 0) is 21.7 Å². The topological polar surface area (TPSA) is 0 Å². The molecule has 2 aromatic rings. The number of hydrogen-bond donors (Lipinski definition) is 0. The van der Waals surface area contributed by atoms with E-state index in [9.17, 15) is 0 Å². The van der Waals surface area contributed by atoms with Gasteiger partial charge in [0.05, 0.1) is 0 Å². The second-order valence-electron chi connectivity index (χ2n) is 2.97. The van der Waals surface area contributed by atoms with Gasteiger partial charge in [0, 0.05) is 21.7 Å². The van der Waals surface area contributed by atoms with E-state index in [4.69, 9.17) is 0 Å². The number of halogens is 2. The molecule has 0 aliphatic heterocycles. The average Bonchev–Trinajstić information content (AvgIpc) is 2.21. The van der Waals surface area contributed by atoms with Gasteiger partial charge in [-0.3, -0.25) is 0 Å². The molecule has 2 aromatic carbocycles. The van der Waals surface area contributed by atoms with Crippen LogP contribution in [0.25, 0.3) is 0 Å². The Kier molecular flexibility index (Phi) is 15.9. The predicted octanol–water partition coefficient (Wildman–Crippen LogP) is 2.68. The summed E-state index contributed by atoms with van der Waals surface area (Å²) in [5, 5.41) is 0. The van der Waals surface area contributed by atoms with Crippen molar-refractivity contribution in [3.05, 3.63) is 78.2 Å². The number of benzene rings is 2. The molecule has 0 fully saturated rings. The van der Waals surface area contributed by atoms with Gasteiger partial charge in [0.15, 0.2) is 0 Å². The number of rotatable bonds is 2. The van der Waals surface area contributed by atoms with Gasteiger partial charge in [-0.15, -0.1) is 66.6 Å². The van der Waals surface area contributed by atoms with Gasteiger partial charge >= 0.3 is 0 Å². The van der Waals surface area contributed by atoms with Crippen molar-refractivity contribution < 1.29 is 21.7 Å². The summed E-state index contributed by atoms with van der Waals surface area (Å²) in [5.74, 6) is 0. The molecule has 0 aliphatic carbocycles. The Morgan fingerprint density at radius 1 is 0.588 bits per heavy atom. The van der Waals surface area contributed by atoms with Crippen molar-refractivity contribution in [2.45, 2.75) is 0 Å². The van der Waals surface area contributed by atoms with Crippen molar-refractivity contribution >= 4 is 35.8 Å². The average molecular weight is 320 g/mol. The molecule has 0 nitrogen and oxygen atoms in total. The molecule has 0 atom stereocenters. The minimum atomic E-state index is 0. The standard InChI is InChI=1S/C13H11.2ClH.H4Si.Ti/c1-3-7-12(8-4-1)11-13-9-5-2-6-10-13;;;;/h1-11H;2*1H;1H4;/q-1;;;;. The van der Waals surface area contributed by atoms with Gasteiger partial charge in [0.2, 0.25) is 0 Å². The third kappa shape index (κ3) is 7.69. The van der Waals surface area contributed by atoms with Crippen LogP contribution in [0.15, 0.2) is 60.7 Å². The maximum atomic E-state index is 2.17. The zero-order chi connectivity index (χ0) is 8.93. The molecule has 92 valence electrons. The summed E-state index contributed by atoms with van der Waals surface area (Å²) in [6.07, 6.45) is 2.17. The van der Waals surface area contributed by atoms with Crippen molar-refractivity contribution in [1.82, 2.24) is 0 Å². The van der Waals surface area contributed by atoms with E-state index in [1.807, 2.05) is 12.1 Å². The van der Waals surface area contributed by atoms with E-state index in [1.165, 1.54) is 11.1 Å². The second-order valence-corrected chi connectivity index (χ2v) is 2.97. The molecular weight excluding hydrogens is 303 g/mol. The molecule has 0 heterocycles. The van der Waals surface area contributed by atoms with Crippen LogP contribution in [-0.4, -0.2) is 11.0 Å². The molecule has 0 saturated carbocycles. The Bertz CT molecular complexity index is 330. The molecular formula is C13H17Cl2SiTi-. The van der Waals surface area contributed by atoms with E-state index in [2.05, 4.69) is 55.0 Å². The molecule has 0 saturated heterocycles. The summed E-state index contributed by atoms with van der Waals surface area (Å²) in [4.78, 5) is 0. The fraction of sp³-hybridized carbons (Fsp3) is 0. The molecule has 17 heavy (non-hydrogen) atoms. The van der Waals surface area contributed by atoms with E-state index < -0.39 is 0 Å². The molecule has 0 bridgehead atoms. The number of hydrogen-bond acceptors (Lipinski definition) is 0. The van der Waals surface area contributed by atoms with Crippen molar-refractivity contribution in [3.63, 3.8) is 0 Å². The van der Waals surface area contributed by atoms with Gasteiger partial charge < -0.3 is 0 Å². The second kappa shape index (κ2) is 12.3. The fourth-order valence-corrected chi connectivity index (χ4v) is 1.29. The van der Waals surface area contributed by atoms with Crippen LogP contribution in [0, 0.1) is 6.42 Å². The minimum Gasteiger partial charge on any atom is -0.147 e. The van der Waals surface area contributed by atoms with E-state index >= 15 is 0 Å². The zero-order valence-corrected chi connectivity index (χ0v) is 11.9. The van der Waals surface area contributed by atoms with Gasteiger partial charge in [-0.2, -0.15) is 0 Å².